The van der Waals surface area contributed by atoms with Crippen molar-refractivity contribution in [2.45, 2.75) is 19.9 Å². The molecule has 0 aromatic heterocycles. The number of anilines is 1. The number of rotatable bonds is 6. The number of carbonyl (C=O) groups excluding carboxylic acids is 2. The van der Waals surface area contributed by atoms with Crippen molar-refractivity contribution in [3.63, 3.8) is 0 Å². The number of amides is 1. The van der Waals surface area contributed by atoms with Gasteiger partial charge in [0.25, 0.3) is 11.7 Å². The van der Waals surface area contributed by atoms with Crippen LogP contribution in [-0.4, -0.2) is 30.5 Å². The van der Waals surface area contributed by atoms with E-state index in [9.17, 15) is 14.7 Å². The smallest absolute Gasteiger partial charge is 0.300 e. The van der Waals surface area contributed by atoms with Crippen LogP contribution < -0.4 is 14.4 Å². The summed E-state index contributed by atoms with van der Waals surface area (Å²) in [5.74, 6) is -0.476. The van der Waals surface area contributed by atoms with Gasteiger partial charge in [-0.2, -0.15) is 0 Å². The molecule has 0 saturated carbocycles. The number of methoxy groups -OCH3 is 1. The van der Waals surface area contributed by atoms with E-state index in [0.717, 1.165) is 0 Å². The van der Waals surface area contributed by atoms with E-state index in [0.29, 0.717) is 45.5 Å². The minimum Gasteiger partial charge on any atom is -0.507 e. The molecule has 1 amide bonds. The van der Waals surface area contributed by atoms with Crippen LogP contribution in [0.3, 0.4) is 0 Å². The number of hydrogen-bond acceptors (Lipinski definition) is 5. The van der Waals surface area contributed by atoms with Gasteiger partial charge in [0, 0.05) is 16.3 Å². The minimum absolute atomic E-state index is 0.00222. The number of carbonyl (C=O) groups is 2. The monoisotopic (exact) mass is 477 g/mol. The van der Waals surface area contributed by atoms with Crippen LogP contribution in [-0.2, 0) is 9.59 Å². The third-order valence-corrected chi connectivity index (χ3v) is 5.96. The lowest BCUT2D eigenvalue weighted by atomic mass is 9.93. The van der Waals surface area contributed by atoms with Crippen molar-refractivity contribution in [2.75, 3.05) is 18.6 Å². The Morgan fingerprint density at radius 1 is 1.03 bits per heavy atom. The number of aliphatic hydroxyl groups excluding tert-OH is 1. The molecule has 6 nitrogen and oxygen atoms in total. The number of hydrogen-bond donors (Lipinski definition) is 1. The maximum atomic E-state index is 13.3. The molecule has 1 atom stereocenters. The Hall–Kier alpha value is -3.77. The summed E-state index contributed by atoms with van der Waals surface area (Å²) in [4.78, 5) is 27.9. The Bertz CT molecular complexity index is 1280. The van der Waals surface area contributed by atoms with E-state index in [1.807, 2.05) is 6.92 Å². The van der Waals surface area contributed by atoms with Crippen LogP contribution in [0.15, 0.2) is 72.3 Å². The zero-order valence-corrected chi connectivity index (χ0v) is 19.8. The number of ether oxygens (including phenoxy) is 2. The molecule has 7 heteroatoms. The third-order valence-electron chi connectivity index (χ3n) is 5.73. The van der Waals surface area contributed by atoms with Gasteiger partial charge < -0.3 is 14.6 Å². The molecule has 0 spiro atoms. The van der Waals surface area contributed by atoms with Gasteiger partial charge in [-0.1, -0.05) is 29.8 Å². The van der Waals surface area contributed by atoms with Crippen molar-refractivity contribution >= 4 is 34.7 Å². The lowest BCUT2D eigenvalue weighted by Gasteiger charge is -2.26. The van der Waals surface area contributed by atoms with Gasteiger partial charge in [0.2, 0.25) is 0 Å². The number of benzene rings is 3. The maximum absolute atomic E-state index is 13.3. The lowest BCUT2D eigenvalue weighted by molar-refractivity contribution is -0.132. The number of aliphatic hydroxyl groups is 1. The van der Waals surface area contributed by atoms with E-state index in [-0.39, 0.29) is 11.3 Å². The molecule has 4 rings (SSSR count). The highest BCUT2D eigenvalue weighted by molar-refractivity contribution is 6.51. The molecule has 1 fully saturated rings. The highest BCUT2D eigenvalue weighted by Crippen LogP contribution is 2.43. The molecule has 174 valence electrons. The van der Waals surface area contributed by atoms with E-state index < -0.39 is 17.7 Å². The fourth-order valence-electron chi connectivity index (χ4n) is 4.13. The number of halogens is 1. The van der Waals surface area contributed by atoms with Crippen LogP contribution in [0.5, 0.6) is 11.5 Å². The van der Waals surface area contributed by atoms with E-state index in [1.165, 1.54) is 4.90 Å². The summed E-state index contributed by atoms with van der Waals surface area (Å²) in [6.45, 7) is 4.20. The SMILES string of the molecule is CCOc1ccc(C2/C(=C(/O)c3ccc(OC)cc3C)C(=O)C(=O)N2c2cccc(Cl)c2)cc1. The lowest BCUT2D eigenvalue weighted by Crippen LogP contribution is -2.29. The number of Topliss-reactive ketones (excluding diaryl/α,β-unsaturated/α-hetero) is 1. The average molecular weight is 478 g/mol. The van der Waals surface area contributed by atoms with E-state index in [1.54, 1.807) is 80.8 Å². The summed E-state index contributed by atoms with van der Waals surface area (Å²) >= 11 is 6.19. The zero-order chi connectivity index (χ0) is 24.4. The first-order valence-corrected chi connectivity index (χ1v) is 11.2. The van der Waals surface area contributed by atoms with Gasteiger partial charge >= 0.3 is 0 Å². The second-order valence-electron chi connectivity index (χ2n) is 7.83. The summed E-state index contributed by atoms with van der Waals surface area (Å²) in [7, 11) is 1.55. The van der Waals surface area contributed by atoms with Crippen molar-refractivity contribution in [3.05, 3.63) is 94.0 Å². The molecule has 1 N–H and O–H groups in total. The largest absolute Gasteiger partial charge is 0.507 e. The Morgan fingerprint density at radius 2 is 1.74 bits per heavy atom. The Balaban J connectivity index is 1.92. The zero-order valence-electron chi connectivity index (χ0n) is 19.0. The molecule has 1 heterocycles. The Morgan fingerprint density at radius 3 is 2.35 bits per heavy atom. The first kappa shape index (κ1) is 23.4. The Labute approximate surface area is 203 Å². The number of nitrogens with zero attached hydrogens (tertiary/aromatic N) is 1. The third kappa shape index (κ3) is 4.24. The predicted molar refractivity (Wildman–Crippen MR) is 132 cm³/mol. The van der Waals surface area contributed by atoms with Crippen molar-refractivity contribution in [3.8, 4) is 11.5 Å². The normalized spacial score (nSPS) is 17.2. The molecule has 1 saturated heterocycles. The van der Waals surface area contributed by atoms with Gasteiger partial charge in [-0.3, -0.25) is 14.5 Å². The van der Waals surface area contributed by atoms with Crippen LogP contribution in [0.1, 0.15) is 29.7 Å². The molecule has 3 aromatic rings. The quantitative estimate of drug-likeness (QED) is 0.281. The van der Waals surface area contributed by atoms with Crippen LogP contribution in [0.4, 0.5) is 5.69 Å². The maximum Gasteiger partial charge on any atom is 0.300 e. The van der Waals surface area contributed by atoms with E-state index in [2.05, 4.69) is 0 Å². The van der Waals surface area contributed by atoms with Gasteiger partial charge in [-0.15, -0.1) is 0 Å². The predicted octanol–water partition coefficient (Wildman–Crippen LogP) is 5.68. The van der Waals surface area contributed by atoms with Crippen molar-refractivity contribution in [1.29, 1.82) is 0 Å². The highest BCUT2D eigenvalue weighted by Gasteiger charge is 2.47. The van der Waals surface area contributed by atoms with Gasteiger partial charge in [0.05, 0.1) is 25.3 Å². The molecule has 34 heavy (non-hydrogen) atoms. The number of aryl methyl sites for hydroxylation is 1. The summed E-state index contributed by atoms with van der Waals surface area (Å²) in [6, 6.07) is 18.1. The topological polar surface area (TPSA) is 76.1 Å². The summed E-state index contributed by atoms with van der Waals surface area (Å²) in [5, 5.41) is 11.8. The molecule has 0 radical (unpaired) electrons. The standard InChI is InChI=1S/C27H24ClNO5/c1-4-34-20-10-8-17(9-11-20)24-23(25(30)22-13-12-21(33-3)14-16(22)2)26(31)27(32)29(24)19-7-5-6-18(28)15-19/h5-15,24,30H,4H2,1-3H3/b25-23-. The minimum atomic E-state index is -0.851. The Kier molecular flexibility index (Phi) is 6.61. The van der Waals surface area contributed by atoms with Crippen LogP contribution >= 0.6 is 11.6 Å². The molecule has 3 aromatic carbocycles. The molecule has 1 unspecified atom stereocenters. The van der Waals surface area contributed by atoms with Crippen LogP contribution in [0.2, 0.25) is 5.02 Å². The van der Waals surface area contributed by atoms with Crippen molar-refractivity contribution in [1.82, 2.24) is 0 Å². The van der Waals surface area contributed by atoms with Gasteiger partial charge in [0.15, 0.2) is 0 Å². The van der Waals surface area contributed by atoms with Crippen molar-refractivity contribution in [2.24, 2.45) is 0 Å². The summed E-state index contributed by atoms with van der Waals surface area (Å²) < 4.78 is 10.8. The summed E-state index contributed by atoms with van der Waals surface area (Å²) in [5.41, 5.74) is 2.26. The van der Waals surface area contributed by atoms with E-state index >= 15 is 0 Å². The van der Waals surface area contributed by atoms with Gasteiger partial charge in [0.1, 0.15) is 17.3 Å². The molecular formula is C27H24ClNO5. The van der Waals surface area contributed by atoms with Crippen molar-refractivity contribution < 1.29 is 24.2 Å². The number of ketones is 1. The second kappa shape index (κ2) is 9.61. The second-order valence-corrected chi connectivity index (χ2v) is 8.27. The summed E-state index contributed by atoms with van der Waals surface area (Å²) in [6.07, 6.45) is 0. The molecule has 1 aliphatic heterocycles. The molecule has 0 bridgehead atoms. The molecular weight excluding hydrogens is 454 g/mol. The average Bonchev–Trinajstić information content (AvgIpc) is 3.09. The fraction of sp³-hybridized carbons (Fsp3) is 0.185. The van der Waals surface area contributed by atoms with Gasteiger partial charge in [-0.25, -0.2) is 0 Å². The molecule has 1 aliphatic rings. The van der Waals surface area contributed by atoms with Crippen LogP contribution in [0, 0.1) is 6.92 Å². The van der Waals surface area contributed by atoms with Crippen LogP contribution in [0.25, 0.3) is 5.76 Å². The first-order chi connectivity index (χ1) is 16.3. The van der Waals surface area contributed by atoms with Gasteiger partial charge in [-0.05, 0) is 73.5 Å². The molecule has 0 aliphatic carbocycles. The first-order valence-electron chi connectivity index (χ1n) is 10.8. The fourth-order valence-corrected chi connectivity index (χ4v) is 4.31. The highest BCUT2D eigenvalue weighted by atomic mass is 35.5. The van der Waals surface area contributed by atoms with E-state index in [4.69, 9.17) is 21.1 Å².